The van der Waals surface area contributed by atoms with Gasteiger partial charge >= 0.3 is 0 Å². The standard InChI is InChI=1S/C21H26N6O/c1-4-18-23-19(25-10-12-26(13-11-25)21(28)15(2)3)17-14-22-27(20(17)24-18)16-8-6-5-7-9-16/h5-9,14-15H,4,10-13H2,1-3H3. The number of anilines is 1. The van der Waals surface area contributed by atoms with E-state index in [1.54, 1.807) is 0 Å². The Morgan fingerprint density at radius 3 is 2.43 bits per heavy atom. The second-order valence-corrected chi connectivity index (χ2v) is 7.41. The van der Waals surface area contributed by atoms with Crippen LogP contribution in [0.5, 0.6) is 0 Å². The minimum Gasteiger partial charge on any atom is -0.352 e. The highest BCUT2D eigenvalue weighted by atomic mass is 16.2. The molecule has 7 heteroatoms. The normalized spacial score (nSPS) is 14.9. The smallest absolute Gasteiger partial charge is 0.225 e. The topological polar surface area (TPSA) is 67.2 Å². The third kappa shape index (κ3) is 3.32. The molecule has 1 aliphatic rings. The van der Waals surface area contributed by atoms with Gasteiger partial charge in [-0.05, 0) is 12.1 Å². The van der Waals surface area contributed by atoms with Gasteiger partial charge in [0.2, 0.25) is 5.91 Å². The second kappa shape index (κ2) is 7.58. The lowest BCUT2D eigenvalue weighted by Gasteiger charge is -2.36. The fourth-order valence-electron chi connectivity index (χ4n) is 3.60. The zero-order valence-electron chi connectivity index (χ0n) is 16.7. The number of hydrogen-bond acceptors (Lipinski definition) is 5. The first-order chi connectivity index (χ1) is 13.6. The highest BCUT2D eigenvalue weighted by Gasteiger charge is 2.25. The van der Waals surface area contributed by atoms with Crippen molar-refractivity contribution in [2.45, 2.75) is 27.2 Å². The summed E-state index contributed by atoms with van der Waals surface area (Å²) in [6, 6.07) is 10.0. The molecular formula is C21H26N6O. The van der Waals surface area contributed by atoms with Crippen molar-refractivity contribution in [3.05, 3.63) is 42.4 Å². The molecule has 2 aromatic heterocycles. The van der Waals surface area contributed by atoms with Gasteiger partial charge in [-0.1, -0.05) is 39.0 Å². The van der Waals surface area contributed by atoms with Gasteiger partial charge in [-0.25, -0.2) is 14.6 Å². The molecule has 3 aromatic rings. The van der Waals surface area contributed by atoms with Crippen molar-refractivity contribution in [2.24, 2.45) is 5.92 Å². The highest BCUT2D eigenvalue weighted by Crippen LogP contribution is 2.27. The summed E-state index contributed by atoms with van der Waals surface area (Å²) in [6.45, 7) is 8.94. The number of para-hydroxylation sites is 1. The van der Waals surface area contributed by atoms with Crippen LogP contribution in [-0.4, -0.2) is 56.7 Å². The van der Waals surface area contributed by atoms with Crippen LogP contribution in [-0.2, 0) is 11.2 Å². The largest absolute Gasteiger partial charge is 0.352 e. The summed E-state index contributed by atoms with van der Waals surface area (Å²) in [6.07, 6.45) is 2.61. The summed E-state index contributed by atoms with van der Waals surface area (Å²) >= 11 is 0. The number of piperazine rings is 1. The molecule has 0 atom stereocenters. The van der Waals surface area contributed by atoms with E-state index < -0.39 is 0 Å². The first-order valence-corrected chi connectivity index (χ1v) is 9.92. The Bertz CT molecular complexity index is 973. The van der Waals surface area contributed by atoms with Crippen LogP contribution in [0.4, 0.5) is 5.82 Å². The number of carbonyl (C=O) groups excluding carboxylic acids is 1. The zero-order chi connectivity index (χ0) is 19.7. The molecule has 4 rings (SSSR count). The van der Waals surface area contributed by atoms with Gasteiger partial charge in [0.05, 0.1) is 17.3 Å². The summed E-state index contributed by atoms with van der Waals surface area (Å²) < 4.78 is 1.87. The van der Waals surface area contributed by atoms with Crippen LogP contribution in [0.25, 0.3) is 16.7 Å². The predicted octanol–water partition coefficient (Wildman–Crippen LogP) is 2.68. The number of carbonyl (C=O) groups is 1. The van der Waals surface area contributed by atoms with Crippen LogP contribution in [0.3, 0.4) is 0 Å². The van der Waals surface area contributed by atoms with Gasteiger partial charge in [0, 0.05) is 38.5 Å². The number of amides is 1. The van der Waals surface area contributed by atoms with Crippen molar-refractivity contribution in [3.63, 3.8) is 0 Å². The minimum atomic E-state index is 0.0353. The molecule has 28 heavy (non-hydrogen) atoms. The van der Waals surface area contributed by atoms with Crippen molar-refractivity contribution in [1.29, 1.82) is 0 Å². The van der Waals surface area contributed by atoms with E-state index >= 15 is 0 Å². The molecule has 1 aromatic carbocycles. The van der Waals surface area contributed by atoms with E-state index in [4.69, 9.17) is 9.97 Å². The lowest BCUT2D eigenvalue weighted by molar-refractivity contribution is -0.134. The third-order valence-electron chi connectivity index (χ3n) is 5.16. The number of fused-ring (bicyclic) bond motifs is 1. The van der Waals surface area contributed by atoms with E-state index in [1.807, 2.05) is 60.0 Å². The molecule has 1 amide bonds. The lowest BCUT2D eigenvalue weighted by atomic mass is 10.1. The van der Waals surface area contributed by atoms with Crippen LogP contribution in [0.15, 0.2) is 36.5 Å². The number of benzene rings is 1. The molecule has 0 bridgehead atoms. The molecule has 0 unspecified atom stereocenters. The first-order valence-electron chi connectivity index (χ1n) is 9.92. The van der Waals surface area contributed by atoms with E-state index in [0.29, 0.717) is 0 Å². The molecule has 146 valence electrons. The Labute approximate surface area is 165 Å². The molecule has 1 fully saturated rings. The number of nitrogens with zero attached hydrogens (tertiary/aromatic N) is 6. The van der Waals surface area contributed by atoms with Crippen molar-refractivity contribution in [2.75, 3.05) is 31.1 Å². The molecule has 1 saturated heterocycles. The highest BCUT2D eigenvalue weighted by molar-refractivity contribution is 5.88. The van der Waals surface area contributed by atoms with Gasteiger partial charge in [0.1, 0.15) is 11.6 Å². The van der Waals surface area contributed by atoms with E-state index in [-0.39, 0.29) is 11.8 Å². The molecule has 3 heterocycles. The van der Waals surface area contributed by atoms with Crippen molar-refractivity contribution in [1.82, 2.24) is 24.6 Å². The quantitative estimate of drug-likeness (QED) is 0.698. The molecule has 0 radical (unpaired) electrons. The molecule has 1 aliphatic heterocycles. The first kappa shape index (κ1) is 18.4. The number of aromatic nitrogens is 4. The Balaban J connectivity index is 1.68. The number of hydrogen-bond donors (Lipinski definition) is 0. The van der Waals surface area contributed by atoms with Crippen molar-refractivity contribution in [3.8, 4) is 5.69 Å². The van der Waals surface area contributed by atoms with Gasteiger partial charge in [-0.2, -0.15) is 5.10 Å². The summed E-state index contributed by atoms with van der Waals surface area (Å²) in [4.78, 5) is 26.1. The van der Waals surface area contributed by atoms with Crippen LogP contribution in [0.1, 0.15) is 26.6 Å². The number of rotatable bonds is 4. The summed E-state index contributed by atoms with van der Waals surface area (Å²) in [7, 11) is 0. The van der Waals surface area contributed by atoms with E-state index in [2.05, 4.69) is 16.9 Å². The molecule has 0 N–H and O–H groups in total. The van der Waals surface area contributed by atoms with Crippen LogP contribution < -0.4 is 4.90 Å². The Hall–Kier alpha value is -2.96. The van der Waals surface area contributed by atoms with Crippen LogP contribution >= 0.6 is 0 Å². The maximum absolute atomic E-state index is 12.3. The molecule has 0 spiro atoms. The van der Waals surface area contributed by atoms with Crippen LogP contribution in [0.2, 0.25) is 0 Å². The monoisotopic (exact) mass is 378 g/mol. The molecular weight excluding hydrogens is 352 g/mol. The van der Waals surface area contributed by atoms with E-state index in [9.17, 15) is 4.79 Å². The Morgan fingerprint density at radius 2 is 1.79 bits per heavy atom. The second-order valence-electron chi connectivity index (χ2n) is 7.41. The van der Waals surface area contributed by atoms with Crippen molar-refractivity contribution >= 4 is 22.8 Å². The Kier molecular flexibility index (Phi) is 4.98. The summed E-state index contributed by atoms with van der Waals surface area (Å²) in [5, 5.41) is 5.53. The van der Waals surface area contributed by atoms with Gasteiger partial charge in [-0.3, -0.25) is 4.79 Å². The lowest BCUT2D eigenvalue weighted by Crippen LogP contribution is -2.50. The summed E-state index contributed by atoms with van der Waals surface area (Å²) in [5.74, 6) is 1.98. The van der Waals surface area contributed by atoms with Crippen LogP contribution in [0, 0.1) is 5.92 Å². The third-order valence-corrected chi connectivity index (χ3v) is 5.16. The number of aryl methyl sites for hydroxylation is 1. The fourth-order valence-corrected chi connectivity index (χ4v) is 3.60. The average molecular weight is 378 g/mol. The van der Waals surface area contributed by atoms with Gasteiger partial charge in [0.15, 0.2) is 5.65 Å². The van der Waals surface area contributed by atoms with Gasteiger partial charge < -0.3 is 9.80 Å². The van der Waals surface area contributed by atoms with Crippen molar-refractivity contribution < 1.29 is 4.79 Å². The minimum absolute atomic E-state index is 0.0353. The molecule has 7 nitrogen and oxygen atoms in total. The average Bonchev–Trinajstić information content (AvgIpc) is 3.17. The SMILES string of the molecule is CCc1nc(N2CCN(C(=O)C(C)C)CC2)c2cnn(-c3ccccc3)c2n1. The zero-order valence-corrected chi connectivity index (χ0v) is 16.7. The van der Waals surface area contributed by atoms with Gasteiger partial charge in [0.25, 0.3) is 0 Å². The van der Waals surface area contributed by atoms with E-state index in [1.165, 1.54) is 0 Å². The fraction of sp³-hybridized carbons (Fsp3) is 0.429. The maximum atomic E-state index is 12.3. The van der Waals surface area contributed by atoms with Gasteiger partial charge in [-0.15, -0.1) is 0 Å². The maximum Gasteiger partial charge on any atom is 0.225 e. The van der Waals surface area contributed by atoms with E-state index in [0.717, 1.165) is 61.0 Å². The molecule has 0 aliphatic carbocycles. The molecule has 0 saturated carbocycles. The Morgan fingerprint density at radius 1 is 1.07 bits per heavy atom. The summed E-state index contributed by atoms with van der Waals surface area (Å²) in [5.41, 5.74) is 1.81. The predicted molar refractivity (Wildman–Crippen MR) is 110 cm³/mol.